The second-order valence-corrected chi connectivity index (χ2v) is 7.20. The number of carbonyl (C=O) groups excluding carboxylic acids is 1. The van der Waals surface area contributed by atoms with Crippen LogP contribution >= 0.6 is 0 Å². The van der Waals surface area contributed by atoms with E-state index in [1.54, 1.807) is 6.26 Å². The molecule has 1 N–H and O–H groups in total. The fourth-order valence-corrected chi connectivity index (χ4v) is 3.98. The van der Waals surface area contributed by atoms with Crippen molar-refractivity contribution in [3.8, 4) is 11.5 Å². The molecule has 2 heterocycles. The highest BCUT2D eigenvalue weighted by molar-refractivity contribution is 5.90. The zero-order chi connectivity index (χ0) is 16.7. The van der Waals surface area contributed by atoms with Crippen LogP contribution in [0.1, 0.15) is 30.5 Å². The first-order valence-corrected chi connectivity index (χ1v) is 8.67. The number of amides is 2. The van der Waals surface area contributed by atoms with Gasteiger partial charge in [0.2, 0.25) is 5.89 Å². The van der Waals surface area contributed by atoms with Crippen molar-refractivity contribution in [2.45, 2.75) is 33.1 Å². The predicted octanol–water partition coefficient (Wildman–Crippen LogP) is 4.22. The number of oxazole rings is 1. The molecule has 2 fully saturated rings. The van der Waals surface area contributed by atoms with Crippen LogP contribution in [0.15, 0.2) is 28.9 Å². The molecule has 2 amide bonds. The van der Waals surface area contributed by atoms with Gasteiger partial charge in [0.15, 0.2) is 0 Å². The molecule has 2 aromatic rings. The molecule has 0 radical (unpaired) electrons. The van der Waals surface area contributed by atoms with Gasteiger partial charge in [0.1, 0.15) is 6.26 Å². The number of rotatable bonds is 2. The SMILES string of the molecule is Cc1coc(-c2cc(NC(=O)N3CC4CCC(C4)C3)ccc2C)n1. The molecule has 1 aliphatic carbocycles. The summed E-state index contributed by atoms with van der Waals surface area (Å²) in [4.78, 5) is 19.0. The number of aryl methyl sites for hydroxylation is 2. The van der Waals surface area contributed by atoms with Crippen molar-refractivity contribution in [2.75, 3.05) is 18.4 Å². The van der Waals surface area contributed by atoms with Crippen LogP contribution in [0.25, 0.3) is 11.5 Å². The van der Waals surface area contributed by atoms with Crippen molar-refractivity contribution < 1.29 is 9.21 Å². The van der Waals surface area contributed by atoms with Gasteiger partial charge in [0, 0.05) is 24.3 Å². The molecule has 1 saturated heterocycles. The van der Waals surface area contributed by atoms with E-state index in [1.165, 1.54) is 19.3 Å². The summed E-state index contributed by atoms with van der Waals surface area (Å²) in [6.07, 6.45) is 5.48. The molecule has 0 spiro atoms. The molecule has 2 bridgehead atoms. The molecule has 1 saturated carbocycles. The Kier molecular flexibility index (Phi) is 3.79. The summed E-state index contributed by atoms with van der Waals surface area (Å²) in [6, 6.07) is 5.87. The van der Waals surface area contributed by atoms with E-state index >= 15 is 0 Å². The Hall–Kier alpha value is -2.30. The summed E-state index contributed by atoms with van der Waals surface area (Å²) in [5.41, 5.74) is 3.63. The highest BCUT2D eigenvalue weighted by Crippen LogP contribution is 2.36. The van der Waals surface area contributed by atoms with Crippen LogP contribution < -0.4 is 5.32 Å². The smallest absolute Gasteiger partial charge is 0.321 e. The maximum Gasteiger partial charge on any atom is 0.321 e. The molecular formula is C19H23N3O2. The molecular weight excluding hydrogens is 302 g/mol. The normalized spacial score (nSPS) is 22.7. The highest BCUT2D eigenvalue weighted by atomic mass is 16.3. The Morgan fingerprint density at radius 3 is 2.67 bits per heavy atom. The van der Waals surface area contributed by atoms with Crippen molar-refractivity contribution in [3.05, 3.63) is 35.7 Å². The Morgan fingerprint density at radius 2 is 2.00 bits per heavy atom. The van der Waals surface area contributed by atoms with Crippen LogP contribution in [0.4, 0.5) is 10.5 Å². The maximum absolute atomic E-state index is 12.6. The molecule has 2 aliphatic rings. The lowest BCUT2D eigenvalue weighted by molar-refractivity contribution is 0.174. The topological polar surface area (TPSA) is 58.4 Å². The first-order valence-electron chi connectivity index (χ1n) is 8.67. The molecule has 5 nitrogen and oxygen atoms in total. The predicted molar refractivity (Wildman–Crippen MR) is 92.8 cm³/mol. The van der Waals surface area contributed by atoms with E-state index in [0.717, 1.165) is 35.6 Å². The van der Waals surface area contributed by atoms with E-state index in [4.69, 9.17) is 4.42 Å². The number of nitrogens with one attached hydrogen (secondary N) is 1. The van der Waals surface area contributed by atoms with Crippen LogP contribution in [0.3, 0.4) is 0 Å². The van der Waals surface area contributed by atoms with E-state index < -0.39 is 0 Å². The second kappa shape index (κ2) is 5.96. The minimum absolute atomic E-state index is 0.00462. The lowest BCUT2D eigenvalue weighted by atomic mass is 9.99. The average Bonchev–Trinajstić information content (AvgIpc) is 3.14. The van der Waals surface area contributed by atoms with Crippen LogP contribution in [-0.2, 0) is 0 Å². The molecule has 4 rings (SSSR count). The lowest BCUT2D eigenvalue weighted by Gasteiger charge is -2.31. The third-order valence-electron chi connectivity index (χ3n) is 5.23. The van der Waals surface area contributed by atoms with Gasteiger partial charge in [0.05, 0.1) is 5.69 Å². The summed E-state index contributed by atoms with van der Waals surface area (Å²) in [5.74, 6) is 1.98. The Morgan fingerprint density at radius 1 is 1.25 bits per heavy atom. The number of hydrogen-bond acceptors (Lipinski definition) is 3. The van der Waals surface area contributed by atoms with Gasteiger partial charge in [-0.25, -0.2) is 9.78 Å². The summed E-state index contributed by atoms with van der Waals surface area (Å²) >= 11 is 0. The summed E-state index contributed by atoms with van der Waals surface area (Å²) < 4.78 is 5.51. The van der Waals surface area contributed by atoms with E-state index in [2.05, 4.69) is 10.3 Å². The van der Waals surface area contributed by atoms with E-state index in [9.17, 15) is 4.79 Å². The van der Waals surface area contributed by atoms with Gasteiger partial charge in [-0.1, -0.05) is 6.07 Å². The molecule has 24 heavy (non-hydrogen) atoms. The first kappa shape index (κ1) is 15.2. The molecule has 5 heteroatoms. The summed E-state index contributed by atoms with van der Waals surface area (Å²) in [5, 5.41) is 3.04. The molecule has 2 unspecified atom stereocenters. The Labute approximate surface area is 142 Å². The fraction of sp³-hybridized carbons (Fsp3) is 0.474. The van der Waals surface area contributed by atoms with Gasteiger partial charge in [-0.3, -0.25) is 0 Å². The summed E-state index contributed by atoms with van der Waals surface area (Å²) in [6.45, 7) is 5.70. The number of anilines is 1. The first-order chi connectivity index (χ1) is 11.6. The largest absolute Gasteiger partial charge is 0.444 e. The number of fused-ring (bicyclic) bond motifs is 2. The Balaban J connectivity index is 1.51. The van der Waals surface area contributed by atoms with Crippen LogP contribution in [0.5, 0.6) is 0 Å². The van der Waals surface area contributed by atoms with Gasteiger partial charge < -0.3 is 14.6 Å². The van der Waals surface area contributed by atoms with Crippen molar-refractivity contribution in [2.24, 2.45) is 11.8 Å². The van der Waals surface area contributed by atoms with Crippen LogP contribution in [-0.4, -0.2) is 29.0 Å². The van der Waals surface area contributed by atoms with Crippen LogP contribution in [0.2, 0.25) is 0 Å². The fourth-order valence-electron chi connectivity index (χ4n) is 3.98. The molecule has 2 atom stereocenters. The molecule has 1 aromatic heterocycles. The third-order valence-corrected chi connectivity index (χ3v) is 5.23. The molecule has 1 aliphatic heterocycles. The quantitative estimate of drug-likeness (QED) is 0.899. The Bertz CT molecular complexity index is 756. The van der Waals surface area contributed by atoms with Gasteiger partial charge in [-0.05, 0) is 62.6 Å². The second-order valence-electron chi connectivity index (χ2n) is 7.20. The van der Waals surface area contributed by atoms with Crippen molar-refractivity contribution >= 4 is 11.7 Å². The van der Waals surface area contributed by atoms with E-state index in [1.807, 2.05) is 36.9 Å². The van der Waals surface area contributed by atoms with E-state index in [-0.39, 0.29) is 6.03 Å². The number of carbonyl (C=O) groups is 1. The van der Waals surface area contributed by atoms with Crippen molar-refractivity contribution in [1.29, 1.82) is 0 Å². The number of hydrogen-bond donors (Lipinski definition) is 1. The van der Waals surface area contributed by atoms with Gasteiger partial charge in [-0.15, -0.1) is 0 Å². The number of likely N-dealkylation sites (tertiary alicyclic amines) is 1. The van der Waals surface area contributed by atoms with Crippen molar-refractivity contribution in [1.82, 2.24) is 9.88 Å². The number of aromatic nitrogens is 1. The molecule has 126 valence electrons. The third kappa shape index (κ3) is 2.90. The monoisotopic (exact) mass is 325 g/mol. The molecule has 1 aromatic carbocycles. The average molecular weight is 325 g/mol. The zero-order valence-electron chi connectivity index (χ0n) is 14.2. The number of urea groups is 1. The number of piperidine rings is 1. The minimum atomic E-state index is 0.00462. The van der Waals surface area contributed by atoms with Crippen LogP contribution in [0, 0.1) is 25.7 Å². The van der Waals surface area contributed by atoms with Gasteiger partial charge >= 0.3 is 6.03 Å². The van der Waals surface area contributed by atoms with Gasteiger partial charge in [-0.2, -0.15) is 0 Å². The minimum Gasteiger partial charge on any atom is -0.444 e. The summed E-state index contributed by atoms with van der Waals surface area (Å²) in [7, 11) is 0. The standard InChI is InChI=1S/C19H23N3O2/c1-12-3-6-16(8-17(12)18-20-13(2)11-24-18)21-19(23)22-9-14-4-5-15(7-14)10-22/h3,6,8,11,14-15H,4-5,7,9-10H2,1-2H3,(H,21,23). The van der Waals surface area contributed by atoms with Crippen molar-refractivity contribution in [3.63, 3.8) is 0 Å². The maximum atomic E-state index is 12.6. The van der Waals surface area contributed by atoms with Gasteiger partial charge in [0.25, 0.3) is 0 Å². The van der Waals surface area contributed by atoms with E-state index in [0.29, 0.717) is 17.7 Å². The number of nitrogens with zero attached hydrogens (tertiary/aromatic N) is 2. The lowest BCUT2D eigenvalue weighted by Crippen LogP contribution is -2.43. The number of benzene rings is 1. The highest BCUT2D eigenvalue weighted by Gasteiger charge is 2.34. The zero-order valence-corrected chi connectivity index (χ0v) is 14.2.